The molecule has 0 unspecified atom stereocenters. The quantitative estimate of drug-likeness (QED) is 0.790. The molecule has 5 nitrogen and oxygen atoms in total. The molecule has 0 bridgehead atoms. The molecule has 1 spiro atoms. The molecule has 1 saturated heterocycles. The fraction of sp³-hybridized carbons (Fsp3) is 0.545. The molecule has 6 heteroatoms. The van der Waals surface area contributed by atoms with E-state index in [1.54, 1.807) is 23.2 Å². The largest absolute Gasteiger partial charge is 0.444 e. The molecule has 2 heterocycles. The van der Waals surface area contributed by atoms with Gasteiger partial charge >= 0.3 is 6.09 Å². The summed E-state index contributed by atoms with van der Waals surface area (Å²) in [6, 6.07) is 6.28. The maximum absolute atomic E-state index is 13.8. The number of rotatable bonds is 1. The van der Waals surface area contributed by atoms with Gasteiger partial charge in [0.05, 0.1) is 11.1 Å². The number of nitrogens with zero attached hydrogens (tertiary/aromatic N) is 2. The molecule has 2 aromatic rings. The predicted molar refractivity (Wildman–Crippen MR) is 104 cm³/mol. The van der Waals surface area contributed by atoms with E-state index in [1.165, 1.54) is 12.1 Å². The highest BCUT2D eigenvalue weighted by Gasteiger charge is 2.56. The van der Waals surface area contributed by atoms with Gasteiger partial charge in [-0.25, -0.2) is 9.18 Å². The first kappa shape index (κ1) is 19.1. The molecule has 1 N–H and O–H groups in total. The minimum atomic E-state index is -0.969. The van der Waals surface area contributed by atoms with Crippen LogP contribution in [0.4, 0.5) is 9.18 Å². The van der Waals surface area contributed by atoms with Gasteiger partial charge in [0.2, 0.25) is 0 Å². The molecule has 0 radical (unpaired) electrons. The van der Waals surface area contributed by atoms with Crippen molar-refractivity contribution in [2.45, 2.75) is 57.7 Å². The topological polar surface area (TPSA) is 62.7 Å². The first-order valence-electron chi connectivity index (χ1n) is 9.84. The molecule has 1 aliphatic heterocycles. The SMILES string of the molecule is CC(C)(C)OC(=O)N1CCC2(CC1)CC(O)(c1ccnc3ccc(F)cc13)C2. The second-order valence-corrected chi connectivity index (χ2v) is 9.37. The number of carbonyl (C=O) groups excluding carboxylic acids is 1. The zero-order valence-electron chi connectivity index (χ0n) is 16.7. The molecule has 28 heavy (non-hydrogen) atoms. The second-order valence-electron chi connectivity index (χ2n) is 9.37. The van der Waals surface area contributed by atoms with Crippen LogP contribution in [0.5, 0.6) is 0 Å². The number of carbonyl (C=O) groups is 1. The van der Waals surface area contributed by atoms with Gasteiger partial charge in [0, 0.05) is 24.7 Å². The van der Waals surface area contributed by atoms with Crippen molar-refractivity contribution in [2.24, 2.45) is 5.41 Å². The monoisotopic (exact) mass is 386 g/mol. The van der Waals surface area contributed by atoms with Gasteiger partial charge in [0.25, 0.3) is 0 Å². The summed E-state index contributed by atoms with van der Waals surface area (Å²) in [5.41, 5.74) is -0.00919. The van der Waals surface area contributed by atoms with Crippen molar-refractivity contribution in [1.82, 2.24) is 9.88 Å². The van der Waals surface area contributed by atoms with E-state index in [9.17, 15) is 14.3 Å². The number of pyridine rings is 1. The Labute approximate surface area is 164 Å². The number of benzene rings is 1. The van der Waals surface area contributed by atoms with Crippen LogP contribution in [0.25, 0.3) is 10.9 Å². The maximum Gasteiger partial charge on any atom is 0.410 e. The number of amides is 1. The van der Waals surface area contributed by atoms with Crippen LogP contribution in [0.15, 0.2) is 30.5 Å². The van der Waals surface area contributed by atoms with E-state index in [2.05, 4.69) is 4.98 Å². The smallest absolute Gasteiger partial charge is 0.410 e. The van der Waals surface area contributed by atoms with Crippen LogP contribution in [-0.4, -0.2) is 39.8 Å². The summed E-state index contributed by atoms with van der Waals surface area (Å²) in [4.78, 5) is 18.3. The standard InChI is InChI=1S/C22H27FN2O3/c1-20(2,3)28-19(26)25-10-7-21(8-11-25)13-22(27,14-21)17-6-9-24-18-5-4-15(23)12-16(17)18/h4-6,9,12,27H,7-8,10-11,13-14H2,1-3H3. The van der Waals surface area contributed by atoms with Crippen LogP contribution in [-0.2, 0) is 10.3 Å². The number of aliphatic hydroxyl groups is 1. The highest BCUT2D eigenvalue weighted by Crippen LogP contribution is 2.59. The van der Waals surface area contributed by atoms with Crippen LogP contribution in [0.3, 0.4) is 0 Å². The van der Waals surface area contributed by atoms with Gasteiger partial charge in [-0.1, -0.05) is 0 Å². The Morgan fingerprint density at radius 1 is 1.21 bits per heavy atom. The van der Waals surface area contributed by atoms with Crippen LogP contribution < -0.4 is 0 Å². The van der Waals surface area contributed by atoms with E-state index < -0.39 is 11.2 Å². The molecule has 150 valence electrons. The summed E-state index contributed by atoms with van der Waals surface area (Å²) in [5, 5.41) is 11.9. The van der Waals surface area contributed by atoms with Crippen LogP contribution in [0.2, 0.25) is 0 Å². The van der Waals surface area contributed by atoms with E-state index in [-0.39, 0.29) is 17.3 Å². The number of hydrogen-bond acceptors (Lipinski definition) is 4. The van der Waals surface area contributed by atoms with Crippen molar-refractivity contribution in [1.29, 1.82) is 0 Å². The first-order valence-corrected chi connectivity index (χ1v) is 9.84. The first-order chi connectivity index (χ1) is 13.1. The average molecular weight is 386 g/mol. The van der Waals surface area contributed by atoms with E-state index in [1.807, 2.05) is 20.8 Å². The van der Waals surface area contributed by atoms with E-state index in [4.69, 9.17) is 4.74 Å². The molecule has 1 aromatic carbocycles. The number of aromatic nitrogens is 1. The lowest BCUT2D eigenvalue weighted by Crippen LogP contribution is -2.55. The van der Waals surface area contributed by atoms with Gasteiger partial charge in [-0.3, -0.25) is 4.98 Å². The van der Waals surface area contributed by atoms with Crippen molar-refractivity contribution in [3.8, 4) is 0 Å². The minimum Gasteiger partial charge on any atom is -0.444 e. The van der Waals surface area contributed by atoms with Crippen molar-refractivity contribution in [3.63, 3.8) is 0 Å². The second kappa shape index (κ2) is 6.41. The summed E-state index contributed by atoms with van der Waals surface area (Å²) >= 11 is 0. The lowest BCUT2D eigenvalue weighted by molar-refractivity contribution is -0.153. The van der Waals surface area contributed by atoms with Crippen molar-refractivity contribution in [3.05, 3.63) is 41.8 Å². The molecule has 0 atom stereocenters. The number of ether oxygens (including phenoxy) is 1. The van der Waals surface area contributed by atoms with Crippen LogP contribution >= 0.6 is 0 Å². The molecular weight excluding hydrogens is 359 g/mol. The Bertz CT molecular complexity index is 906. The fourth-order valence-corrected chi connectivity index (χ4v) is 4.75. The fourth-order valence-electron chi connectivity index (χ4n) is 4.75. The molecular formula is C22H27FN2O3. The zero-order chi connectivity index (χ0) is 20.2. The Hall–Kier alpha value is -2.21. The Morgan fingerprint density at radius 2 is 1.89 bits per heavy atom. The van der Waals surface area contributed by atoms with E-state index in [0.29, 0.717) is 36.8 Å². The third-order valence-electron chi connectivity index (χ3n) is 6.02. The molecule has 1 saturated carbocycles. The minimum absolute atomic E-state index is 0.0240. The average Bonchev–Trinajstić information content (AvgIpc) is 2.59. The Balaban J connectivity index is 1.46. The molecule has 2 fully saturated rings. The Kier molecular flexibility index (Phi) is 4.38. The number of piperidine rings is 1. The number of fused-ring (bicyclic) bond motifs is 1. The lowest BCUT2D eigenvalue weighted by atomic mass is 9.53. The Morgan fingerprint density at radius 3 is 2.54 bits per heavy atom. The zero-order valence-corrected chi connectivity index (χ0v) is 16.7. The third kappa shape index (κ3) is 3.46. The van der Waals surface area contributed by atoms with E-state index in [0.717, 1.165) is 18.4 Å². The summed E-state index contributed by atoms with van der Waals surface area (Å²) in [6.07, 6.45) is 4.32. The number of halogens is 1. The summed E-state index contributed by atoms with van der Waals surface area (Å²) in [5.74, 6) is -0.329. The predicted octanol–water partition coefficient (Wildman–Crippen LogP) is 4.37. The van der Waals surface area contributed by atoms with Crippen LogP contribution in [0, 0.1) is 11.2 Å². The number of likely N-dealkylation sites (tertiary alicyclic amines) is 1. The van der Waals surface area contributed by atoms with Gasteiger partial charge in [0.1, 0.15) is 11.4 Å². The molecule has 1 aromatic heterocycles. The summed E-state index contributed by atoms with van der Waals surface area (Å²) in [6.45, 7) is 6.87. The maximum atomic E-state index is 13.8. The van der Waals surface area contributed by atoms with Gasteiger partial charge < -0.3 is 14.7 Å². The molecule has 2 aliphatic rings. The number of hydrogen-bond donors (Lipinski definition) is 1. The highest BCUT2D eigenvalue weighted by atomic mass is 19.1. The van der Waals surface area contributed by atoms with E-state index >= 15 is 0 Å². The highest BCUT2D eigenvalue weighted by molar-refractivity contribution is 5.83. The molecule has 1 aliphatic carbocycles. The summed E-state index contributed by atoms with van der Waals surface area (Å²) < 4.78 is 19.2. The summed E-state index contributed by atoms with van der Waals surface area (Å²) in [7, 11) is 0. The van der Waals surface area contributed by atoms with Crippen LogP contribution in [0.1, 0.15) is 52.0 Å². The van der Waals surface area contributed by atoms with Crippen molar-refractivity contribution >= 4 is 17.0 Å². The van der Waals surface area contributed by atoms with Gasteiger partial charge in [0.15, 0.2) is 0 Å². The normalized spacial score (nSPS) is 20.8. The molecule has 4 rings (SSSR count). The van der Waals surface area contributed by atoms with Crippen molar-refractivity contribution in [2.75, 3.05) is 13.1 Å². The molecule has 1 amide bonds. The van der Waals surface area contributed by atoms with Gasteiger partial charge in [-0.05, 0) is 81.7 Å². The van der Waals surface area contributed by atoms with Gasteiger partial charge in [-0.15, -0.1) is 0 Å². The van der Waals surface area contributed by atoms with Gasteiger partial charge in [-0.2, -0.15) is 0 Å². The third-order valence-corrected chi connectivity index (χ3v) is 6.02. The lowest BCUT2D eigenvalue weighted by Gasteiger charge is -2.57. The van der Waals surface area contributed by atoms with Crippen molar-refractivity contribution < 1.29 is 19.0 Å².